The number of rotatable bonds is 5. The Labute approximate surface area is 113 Å². The molecular weight excluding hydrogens is 240 g/mol. The molecule has 1 aliphatic carbocycles. The van der Waals surface area contributed by atoms with E-state index in [1.54, 1.807) is 7.11 Å². The Bertz CT molecular complexity index is 486. The molecule has 0 aliphatic heterocycles. The molecule has 2 rings (SSSR count). The zero-order valence-electron chi connectivity index (χ0n) is 11.1. The number of carbonyl (C=O) groups is 1. The number of hydrogen-bond acceptors (Lipinski definition) is 3. The molecule has 0 N–H and O–H groups in total. The molecule has 0 unspecified atom stereocenters. The van der Waals surface area contributed by atoms with Crippen LogP contribution in [0.5, 0.6) is 0 Å². The molecule has 19 heavy (non-hydrogen) atoms. The number of hydrogen-bond donors (Lipinski definition) is 0. The summed E-state index contributed by atoms with van der Waals surface area (Å²) in [4.78, 5) is 11.7. The van der Waals surface area contributed by atoms with E-state index in [1.807, 2.05) is 36.4 Å². The molecule has 0 heterocycles. The molecule has 0 radical (unpaired) electrons. The van der Waals surface area contributed by atoms with Crippen molar-refractivity contribution in [3.63, 3.8) is 0 Å². The Kier molecular flexibility index (Phi) is 4.78. The summed E-state index contributed by atoms with van der Waals surface area (Å²) in [6.45, 7) is 0.327. The summed E-state index contributed by atoms with van der Waals surface area (Å²) in [6, 6.07) is 9.68. The van der Waals surface area contributed by atoms with Gasteiger partial charge in [-0.15, -0.1) is 0 Å². The summed E-state index contributed by atoms with van der Waals surface area (Å²) in [5, 5.41) is 0. The molecule has 100 valence electrons. The molecule has 0 aromatic heterocycles. The van der Waals surface area contributed by atoms with Crippen molar-refractivity contribution in [3.05, 3.63) is 59.4 Å². The number of ether oxygens (including phenoxy) is 2. The highest BCUT2D eigenvalue weighted by Crippen LogP contribution is 2.20. The minimum absolute atomic E-state index is 0.205. The van der Waals surface area contributed by atoms with Crippen LogP contribution in [-0.2, 0) is 20.9 Å². The number of allylic oxidation sites excluding steroid dienone is 3. The summed E-state index contributed by atoms with van der Waals surface area (Å²) in [5.74, 6) is 0.720. The fraction of sp³-hybridized carbons (Fsp3) is 0.312. The van der Waals surface area contributed by atoms with Crippen LogP contribution in [0.2, 0.25) is 0 Å². The van der Waals surface area contributed by atoms with Gasteiger partial charge in [-0.3, -0.25) is 4.79 Å². The van der Waals surface area contributed by atoms with E-state index >= 15 is 0 Å². The molecule has 0 spiro atoms. The Morgan fingerprint density at radius 3 is 2.79 bits per heavy atom. The lowest BCUT2D eigenvalue weighted by Gasteiger charge is -2.12. The highest BCUT2D eigenvalue weighted by Gasteiger charge is 2.10. The van der Waals surface area contributed by atoms with Crippen LogP contribution in [0.1, 0.15) is 24.8 Å². The van der Waals surface area contributed by atoms with Gasteiger partial charge in [-0.1, -0.05) is 36.4 Å². The predicted molar refractivity (Wildman–Crippen MR) is 73.3 cm³/mol. The van der Waals surface area contributed by atoms with Crippen molar-refractivity contribution < 1.29 is 14.3 Å². The van der Waals surface area contributed by atoms with E-state index in [2.05, 4.69) is 6.08 Å². The minimum atomic E-state index is -0.205. The first kappa shape index (κ1) is 13.4. The molecule has 1 aliphatic rings. The molecule has 0 saturated carbocycles. The van der Waals surface area contributed by atoms with Crippen LogP contribution in [0.3, 0.4) is 0 Å². The van der Waals surface area contributed by atoms with E-state index < -0.39 is 0 Å². The van der Waals surface area contributed by atoms with E-state index in [9.17, 15) is 4.79 Å². The maximum absolute atomic E-state index is 11.7. The standard InChI is InChI=1S/C16H18O3/c1-18-15-9-5-8-14(10-15)11-16(17)19-12-13-6-3-2-4-7-13/h2-4,6-8,10H,5,9,11-12H2,1H3. The first-order chi connectivity index (χ1) is 9.28. The molecule has 1 aromatic rings. The van der Waals surface area contributed by atoms with Crippen molar-refractivity contribution >= 4 is 5.97 Å². The van der Waals surface area contributed by atoms with E-state index in [0.29, 0.717) is 13.0 Å². The number of benzene rings is 1. The van der Waals surface area contributed by atoms with Gasteiger partial charge < -0.3 is 9.47 Å². The van der Waals surface area contributed by atoms with Gasteiger partial charge in [0, 0.05) is 6.42 Å². The quantitative estimate of drug-likeness (QED) is 0.760. The largest absolute Gasteiger partial charge is 0.501 e. The van der Waals surface area contributed by atoms with Crippen LogP contribution in [-0.4, -0.2) is 13.1 Å². The third kappa shape index (κ3) is 4.28. The van der Waals surface area contributed by atoms with Crippen molar-refractivity contribution in [2.24, 2.45) is 0 Å². The molecule has 0 saturated heterocycles. The first-order valence-corrected chi connectivity index (χ1v) is 6.41. The van der Waals surface area contributed by atoms with E-state index in [4.69, 9.17) is 9.47 Å². The van der Waals surface area contributed by atoms with Crippen LogP contribution in [0.25, 0.3) is 0 Å². The molecule has 0 bridgehead atoms. The van der Waals surface area contributed by atoms with Crippen LogP contribution in [0, 0.1) is 0 Å². The van der Waals surface area contributed by atoms with Gasteiger partial charge in [-0.2, -0.15) is 0 Å². The Morgan fingerprint density at radius 1 is 1.26 bits per heavy atom. The van der Waals surface area contributed by atoms with Gasteiger partial charge in [0.2, 0.25) is 0 Å². The summed E-state index contributed by atoms with van der Waals surface area (Å²) >= 11 is 0. The first-order valence-electron chi connectivity index (χ1n) is 6.41. The number of carbonyl (C=O) groups excluding carboxylic acids is 1. The zero-order chi connectivity index (χ0) is 13.5. The lowest BCUT2D eigenvalue weighted by molar-refractivity contribution is -0.144. The SMILES string of the molecule is COC1=CC(CC(=O)OCc2ccccc2)=CCC1. The summed E-state index contributed by atoms with van der Waals surface area (Å²) in [7, 11) is 1.66. The Morgan fingerprint density at radius 2 is 2.05 bits per heavy atom. The number of esters is 1. The molecule has 3 nitrogen and oxygen atoms in total. The molecule has 0 atom stereocenters. The van der Waals surface area contributed by atoms with Gasteiger partial charge in [-0.25, -0.2) is 0 Å². The smallest absolute Gasteiger partial charge is 0.310 e. The van der Waals surface area contributed by atoms with Crippen molar-refractivity contribution in [2.45, 2.75) is 25.9 Å². The van der Waals surface area contributed by atoms with Gasteiger partial charge in [-0.05, 0) is 23.6 Å². The summed E-state index contributed by atoms with van der Waals surface area (Å²) < 4.78 is 10.5. The van der Waals surface area contributed by atoms with Gasteiger partial charge in [0.1, 0.15) is 6.61 Å². The Balaban J connectivity index is 1.82. The van der Waals surface area contributed by atoms with E-state index in [0.717, 1.165) is 29.7 Å². The normalized spacial score (nSPS) is 14.4. The van der Waals surface area contributed by atoms with Crippen molar-refractivity contribution in [3.8, 4) is 0 Å². The molecule has 0 amide bonds. The average molecular weight is 258 g/mol. The topological polar surface area (TPSA) is 35.5 Å². The number of methoxy groups -OCH3 is 1. The van der Waals surface area contributed by atoms with Gasteiger partial charge >= 0.3 is 5.97 Å². The minimum Gasteiger partial charge on any atom is -0.501 e. The lowest BCUT2D eigenvalue weighted by atomic mass is 10.0. The fourth-order valence-electron chi connectivity index (χ4n) is 1.98. The molecule has 1 aromatic carbocycles. The van der Waals surface area contributed by atoms with Crippen molar-refractivity contribution in [1.82, 2.24) is 0 Å². The Hall–Kier alpha value is -2.03. The van der Waals surface area contributed by atoms with Crippen LogP contribution >= 0.6 is 0 Å². The second kappa shape index (κ2) is 6.78. The highest BCUT2D eigenvalue weighted by molar-refractivity contribution is 5.73. The maximum Gasteiger partial charge on any atom is 0.310 e. The molecule has 0 fully saturated rings. The van der Waals surface area contributed by atoms with E-state index in [1.165, 1.54) is 0 Å². The monoisotopic (exact) mass is 258 g/mol. The summed E-state index contributed by atoms with van der Waals surface area (Å²) in [5.41, 5.74) is 1.97. The third-order valence-electron chi connectivity index (χ3n) is 3.00. The maximum atomic E-state index is 11.7. The molecular formula is C16H18O3. The molecule has 3 heteroatoms. The second-order valence-electron chi connectivity index (χ2n) is 4.46. The van der Waals surface area contributed by atoms with Gasteiger partial charge in [0.15, 0.2) is 0 Å². The lowest BCUT2D eigenvalue weighted by Crippen LogP contribution is -2.06. The average Bonchev–Trinajstić information content (AvgIpc) is 2.46. The zero-order valence-corrected chi connectivity index (χ0v) is 11.1. The van der Waals surface area contributed by atoms with E-state index in [-0.39, 0.29) is 5.97 Å². The third-order valence-corrected chi connectivity index (χ3v) is 3.00. The van der Waals surface area contributed by atoms with Crippen molar-refractivity contribution in [1.29, 1.82) is 0 Å². The van der Waals surface area contributed by atoms with Gasteiger partial charge in [0.05, 0.1) is 19.3 Å². The van der Waals surface area contributed by atoms with Crippen LogP contribution in [0.4, 0.5) is 0 Å². The fourth-order valence-corrected chi connectivity index (χ4v) is 1.98. The van der Waals surface area contributed by atoms with Gasteiger partial charge in [0.25, 0.3) is 0 Å². The predicted octanol–water partition coefficient (Wildman–Crippen LogP) is 3.37. The second-order valence-corrected chi connectivity index (χ2v) is 4.46. The van der Waals surface area contributed by atoms with Crippen molar-refractivity contribution in [2.75, 3.05) is 7.11 Å². The van der Waals surface area contributed by atoms with Crippen LogP contribution in [0.15, 0.2) is 53.8 Å². The van der Waals surface area contributed by atoms with Crippen LogP contribution < -0.4 is 0 Å². The highest BCUT2D eigenvalue weighted by atomic mass is 16.5. The summed E-state index contributed by atoms with van der Waals surface area (Å²) in [6.07, 6.45) is 6.11.